The van der Waals surface area contributed by atoms with Crippen LogP contribution in [-0.4, -0.2) is 9.72 Å². The van der Waals surface area contributed by atoms with E-state index in [-0.39, 0.29) is 0 Å². The molecule has 18 heavy (non-hydrogen) atoms. The zero-order valence-electron chi connectivity index (χ0n) is 10.7. The van der Waals surface area contributed by atoms with Crippen LogP contribution in [0.5, 0.6) is 0 Å². The molecule has 3 heteroatoms. The highest BCUT2D eigenvalue weighted by Crippen LogP contribution is 2.22. The second-order valence-corrected chi connectivity index (χ2v) is 4.59. The van der Waals surface area contributed by atoms with E-state index in [1.54, 1.807) is 0 Å². The number of aryl methyl sites for hydroxylation is 2. The second kappa shape index (κ2) is 4.33. The Morgan fingerprint density at radius 1 is 1.28 bits per heavy atom. The van der Waals surface area contributed by atoms with E-state index in [1.807, 2.05) is 13.0 Å². The van der Waals surface area contributed by atoms with Crippen LogP contribution in [0.3, 0.4) is 0 Å². The van der Waals surface area contributed by atoms with Crippen LogP contribution >= 0.6 is 0 Å². The van der Waals surface area contributed by atoms with Gasteiger partial charge >= 0.3 is 0 Å². The molecule has 0 aliphatic heterocycles. The van der Waals surface area contributed by atoms with E-state index in [2.05, 4.69) is 47.1 Å². The minimum absolute atomic E-state index is 0.737. The van der Waals surface area contributed by atoms with Crippen LogP contribution in [0, 0.1) is 6.92 Å². The second-order valence-electron chi connectivity index (χ2n) is 4.59. The SMILES string of the molecule is CCc1cccc2ccn(Cc3cc(C)no3)c12. The third-order valence-corrected chi connectivity index (χ3v) is 3.26. The fourth-order valence-corrected chi connectivity index (χ4v) is 2.42. The van der Waals surface area contributed by atoms with Gasteiger partial charge in [0.05, 0.1) is 17.8 Å². The third kappa shape index (κ3) is 1.82. The normalized spacial score (nSPS) is 11.2. The number of rotatable bonds is 3. The minimum Gasteiger partial charge on any atom is -0.359 e. The summed E-state index contributed by atoms with van der Waals surface area (Å²) in [5, 5.41) is 5.21. The Labute approximate surface area is 106 Å². The van der Waals surface area contributed by atoms with Gasteiger partial charge in [0, 0.05) is 12.3 Å². The van der Waals surface area contributed by atoms with Gasteiger partial charge in [0.2, 0.25) is 0 Å². The summed E-state index contributed by atoms with van der Waals surface area (Å²) < 4.78 is 7.52. The first-order valence-corrected chi connectivity index (χ1v) is 6.27. The number of para-hydroxylation sites is 1. The molecule has 0 aliphatic carbocycles. The number of aromatic nitrogens is 2. The van der Waals surface area contributed by atoms with E-state index in [1.165, 1.54) is 16.5 Å². The van der Waals surface area contributed by atoms with Crippen molar-refractivity contribution in [2.45, 2.75) is 26.8 Å². The van der Waals surface area contributed by atoms with Gasteiger partial charge in [-0.15, -0.1) is 0 Å². The summed E-state index contributed by atoms with van der Waals surface area (Å²) in [6, 6.07) is 10.6. The van der Waals surface area contributed by atoms with Crippen LogP contribution in [-0.2, 0) is 13.0 Å². The third-order valence-electron chi connectivity index (χ3n) is 3.26. The Balaban J connectivity index is 2.06. The molecule has 0 saturated heterocycles. The maximum absolute atomic E-state index is 5.29. The van der Waals surface area contributed by atoms with Gasteiger partial charge in [-0.05, 0) is 30.4 Å². The largest absolute Gasteiger partial charge is 0.359 e. The van der Waals surface area contributed by atoms with Gasteiger partial charge in [-0.1, -0.05) is 30.3 Å². The van der Waals surface area contributed by atoms with Crippen molar-refractivity contribution >= 4 is 10.9 Å². The van der Waals surface area contributed by atoms with Crippen molar-refractivity contribution in [2.24, 2.45) is 0 Å². The quantitative estimate of drug-likeness (QED) is 0.701. The smallest absolute Gasteiger partial charge is 0.156 e. The van der Waals surface area contributed by atoms with Crippen LogP contribution in [0.25, 0.3) is 10.9 Å². The molecule has 2 aromatic heterocycles. The lowest BCUT2D eigenvalue weighted by Gasteiger charge is -2.06. The molecule has 0 unspecified atom stereocenters. The lowest BCUT2D eigenvalue weighted by Crippen LogP contribution is -1.98. The van der Waals surface area contributed by atoms with Crippen molar-refractivity contribution in [3.63, 3.8) is 0 Å². The molecule has 0 aliphatic rings. The number of hydrogen-bond acceptors (Lipinski definition) is 2. The highest BCUT2D eigenvalue weighted by Gasteiger charge is 2.08. The van der Waals surface area contributed by atoms with E-state index in [4.69, 9.17) is 4.52 Å². The molecule has 0 atom stereocenters. The fraction of sp³-hybridized carbons (Fsp3) is 0.267. The molecular formula is C15H16N2O. The van der Waals surface area contributed by atoms with E-state index >= 15 is 0 Å². The maximum Gasteiger partial charge on any atom is 0.156 e. The first-order chi connectivity index (χ1) is 8.78. The Morgan fingerprint density at radius 3 is 2.89 bits per heavy atom. The molecule has 2 heterocycles. The summed E-state index contributed by atoms with van der Waals surface area (Å²) in [5.74, 6) is 0.899. The van der Waals surface area contributed by atoms with Crippen LogP contribution < -0.4 is 0 Å². The molecule has 3 rings (SSSR count). The molecule has 1 aromatic carbocycles. The zero-order valence-corrected chi connectivity index (χ0v) is 10.7. The van der Waals surface area contributed by atoms with Crippen LogP contribution in [0.4, 0.5) is 0 Å². The number of fused-ring (bicyclic) bond motifs is 1. The Hall–Kier alpha value is -2.03. The van der Waals surface area contributed by atoms with E-state index in [0.29, 0.717) is 0 Å². The topological polar surface area (TPSA) is 31.0 Å². The highest BCUT2D eigenvalue weighted by molar-refractivity contribution is 5.83. The van der Waals surface area contributed by atoms with Crippen LogP contribution in [0.2, 0.25) is 0 Å². The van der Waals surface area contributed by atoms with Crippen molar-refractivity contribution in [3.8, 4) is 0 Å². The van der Waals surface area contributed by atoms with Crippen LogP contribution in [0.1, 0.15) is 23.9 Å². The molecular weight excluding hydrogens is 224 g/mol. The van der Waals surface area contributed by atoms with Gasteiger partial charge < -0.3 is 9.09 Å². The maximum atomic E-state index is 5.29. The van der Waals surface area contributed by atoms with E-state index < -0.39 is 0 Å². The first kappa shape index (κ1) is 11.1. The van der Waals surface area contributed by atoms with Gasteiger partial charge in [-0.2, -0.15) is 0 Å². The van der Waals surface area contributed by atoms with Crippen molar-refractivity contribution in [1.82, 2.24) is 9.72 Å². The summed E-state index contributed by atoms with van der Waals surface area (Å²) in [6.07, 6.45) is 3.15. The highest BCUT2D eigenvalue weighted by atomic mass is 16.5. The predicted octanol–water partition coefficient (Wildman–Crippen LogP) is 3.55. The Bertz CT molecular complexity index is 679. The molecule has 0 fully saturated rings. The van der Waals surface area contributed by atoms with Gasteiger partial charge in [-0.3, -0.25) is 0 Å². The Morgan fingerprint density at radius 2 is 2.17 bits per heavy atom. The van der Waals surface area contributed by atoms with E-state index in [9.17, 15) is 0 Å². The zero-order chi connectivity index (χ0) is 12.5. The van der Waals surface area contributed by atoms with Gasteiger partial charge in [-0.25, -0.2) is 0 Å². The summed E-state index contributed by atoms with van der Waals surface area (Å²) in [7, 11) is 0. The molecule has 0 radical (unpaired) electrons. The summed E-state index contributed by atoms with van der Waals surface area (Å²) in [6.45, 7) is 4.87. The molecule has 3 nitrogen and oxygen atoms in total. The number of hydrogen-bond donors (Lipinski definition) is 0. The minimum atomic E-state index is 0.737. The Kier molecular flexibility index (Phi) is 2.67. The molecule has 0 saturated carbocycles. The standard InChI is InChI=1S/C15H16N2O/c1-3-12-5-4-6-13-7-8-17(15(12)13)10-14-9-11(2)16-18-14/h4-9H,3,10H2,1-2H3. The monoisotopic (exact) mass is 240 g/mol. The molecule has 0 amide bonds. The van der Waals surface area contributed by atoms with Gasteiger partial charge in [0.15, 0.2) is 5.76 Å². The van der Waals surface area contributed by atoms with Gasteiger partial charge in [0.25, 0.3) is 0 Å². The fourth-order valence-electron chi connectivity index (χ4n) is 2.42. The first-order valence-electron chi connectivity index (χ1n) is 6.27. The van der Waals surface area contributed by atoms with Crippen LogP contribution in [0.15, 0.2) is 41.1 Å². The molecule has 0 N–H and O–H groups in total. The lowest BCUT2D eigenvalue weighted by molar-refractivity contribution is 0.374. The predicted molar refractivity (Wildman–Crippen MR) is 71.7 cm³/mol. The van der Waals surface area contributed by atoms with Crippen molar-refractivity contribution in [2.75, 3.05) is 0 Å². The lowest BCUT2D eigenvalue weighted by atomic mass is 10.1. The van der Waals surface area contributed by atoms with Crippen molar-refractivity contribution < 1.29 is 4.52 Å². The molecule has 92 valence electrons. The van der Waals surface area contributed by atoms with E-state index in [0.717, 1.165) is 24.4 Å². The average molecular weight is 240 g/mol. The van der Waals surface area contributed by atoms with Crippen molar-refractivity contribution in [1.29, 1.82) is 0 Å². The summed E-state index contributed by atoms with van der Waals surface area (Å²) >= 11 is 0. The molecule has 0 spiro atoms. The summed E-state index contributed by atoms with van der Waals surface area (Å²) in [4.78, 5) is 0. The van der Waals surface area contributed by atoms with Crippen molar-refractivity contribution in [3.05, 3.63) is 53.5 Å². The molecule has 0 bridgehead atoms. The number of nitrogens with zero attached hydrogens (tertiary/aromatic N) is 2. The molecule has 3 aromatic rings. The summed E-state index contributed by atoms with van der Waals surface area (Å²) in [5.41, 5.74) is 3.60. The number of benzene rings is 1. The van der Waals surface area contributed by atoms with Gasteiger partial charge in [0.1, 0.15) is 0 Å². The average Bonchev–Trinajstić information content (AvgIpc) is 2.97.